The molecular weight excluding hydrogens is 276 g/mol. The second-order valence-corrected chi connectivity index (χ2v) is 8.49. The van der Waals surface area contributed by atoms with Gasteiger partial charge >= 0.3 is 0 Å². The first kappa shape index (κ1) is 17.0. The summed E-state index contributed by atoms with van der Waals surface area (Å²) >= 11 is 1.86. The van der Waals surface area contributed by atoms with E-state index in [2.05, 4.69) is 45.3 Å². The van der Waals surface area contributed by atoms with Crippen LogP contribution in [0.5, 0.6) is 0 Å². The number of aromatic nitrogens is 1. The predicted molar refractivity (Wildman–Crippen MR) is 93.0 cm³/mol. The summed E-state index contributed by atoms with van der Waals surface area (Å²) in [5, 5.41) is 7.38. The summed E-state index contributed by atoms with van der Waals surface area (Å²) in [6, 6.07) is 0. The number of hydrogen-bond acceptors (Lipinski definition) is 3. The van der Waals surface area contributed by atoms with Gasteiger partial charge in [0.2, 0.25) is 0 Å². The molecule has 1 aliphatic rings. The van der Waals surface area contributed by atoms with E-state index in [-0.39, 0.29) is 11.0 Å². The summed E-state index contributed by atoms with van der Waals surface area (Å²) in [7, 11) is 0. The third-order valence-electron chi connectivity index (χ3n) is 4.85. The van der Waals surface area contributed by atoms with E-state index < -0.39 is 0 Å². The molecule has 0 unspecified atom stereocenters. The summed E-state index contributed by atoms with van der Waals surface area (Å²) in [5.74, 6) is 0.934. The number of nitrogens with zero attached hydrogens (tertiary/aromatic N) is 1. The number of rotatable bonds is 5. The Labute approximate surface area is 134 Å². The molecule has 1 aromatic heterocycles. The zero-order chi connectivity index (χ0) is 15.5. The third kappa shape index (κ3) is 3.87. The Hall–Kier alpha value is -0.410. The summed E-state index contributed by atoms with van der Waals surface area (Å²) in [4.78, 5) is 5.02. The molecule has 120 valence electrons. The molecule has 0 radical (unpaired) electrons. The Morgan fingerprint density at radius 1 is 1.29 bits per heavy atom. The highest BCUT2D eigenvalue weighted by Crippen LogP contribution is 2.42. The van der Waals surface area contributed by atoms with Gasteiger partial charge in [0.05, 0.1) is 11.2 Å². The van der Waals surface area contributed by atoms with Gasteiger partial charge in [0.25, 0.3) is 0 Å². The molecule has 1 saturated carbocycles. The average Bonchev–Trinajstić information content (AvgIpc) is 2.92. The molecule has 1 N–H and O–H groups in total. The van der Waals surface area contributed by atoms with Crippen LogP contribution in [0.25, 0.3) is 0 Å². The lowest BCUT2D eigenvalue weighted by Crippen LogP contribution is -2.45. The van der Waals surface area contributed by atoms with Crippen LogP contribution in [0, 0.1) is 5.92 Å². The maximum atomic E-state index is 5.02. The van der Waals surface area contributed by atoms with E-state index in [0.29, 0.717) is 0 Å². The Morgan fingerprint density at radius 2 is 1.95 bits per heavy atom. The van der Waals surface area contributed by atoms with Crippen molar-refractivity contribution in [1.82, 2.24) is 10.3 Å². The summed E-state index contributed by atoms with van der Waals surface area (Å²) in [6.45, 7) is 12.3. The van der Waals surface area contributed by atoms with E-state index in [4.69, 9.17) is 4.98 Å². The van der Waals surface area contributed by atoms with Crippen LogP contribution in [0.2, 0.25) is 0 Å². The molecule has 0 aliphatic heterocycles. The predicted octanol–water partition coefficient (Wildman–Crippen LogP) is 5.24. The van der Waals surface area contributed by atoms with Crippen LogP contribution in [0.4, 0.5) is 0 Å². The second kappa shape index (κ2) is 6.78. The Bertz CT molecular complexity index is 436. The number of nitrogens with one attached hydrogen (secondary N) is 1. The molecule has 0 aromatic carbocycles. The van der Waals surface area contributed by atoms with Gasteiger partial charge in [0.15, 0.2) is 0 Å². The van der Waals surface area contributed by atoms with Crippen molar-refractivity contribution in [2.45, 2.75) is 84.1 Å². The topological polar surface area (TPSA) is 24.9 Å². The van der Waals surface area contributed by atoms with Crippen molar-refractivity contribution in [3.05, 3.63) is 16.1 Å². The van der Waals surface area contributed by atoms with Crippen molar-refractivity contribution in [3.63, 3.8) is 0 Å². The van der Waals surface area contributed by atoms with Crippen LogP contribution in [-0.2, 0) is 11.0 Å². The molecule has 1 fully saturated rings. The molecular formula is C18H32N2S. The molecule has 1 aliphatic carbocycles. The van der Waals surface area contributed by atoms with Crippen molar-refractivity contribution in [2.75, 3.05) is 6.54 Å². The van der Waals surface area contributed by atoms with Crippen LogP contribution >= 0.6 is 11.3 Å². The minimum atomic E-state index is 0.146. The Balaban J connectivity index is 2.17. The second-order valence-electron chi connectivity index (χ2n) is 7.63. The average molecular weight is 309 g/mol. The van der Waals surface area contributed by atoms with E-state index in [1.165, 1.54) is 49.2 Å². The van der Waals surface area contributed by atoms with E-state index in [0.717, 1.165) is 12.5 Å². The van der Waals surface area contributed by atoms with Gasteiger partial charge in [-0.3, -0.25) is 0 Å². The minimum Gasteiger partial charge on any atom is -0.306 e. The van der Waals surface area contributed by atoms with Gasteiger partial charge in [0.1, 0.15) is 5.01 Å². The van der Waals surface area contributed by atoms with Gasteiger partial charge in [-0.05, 0) is 38.1 Å². The van der Waals surface area contributed by atoms with Crippen molar-refractivity contribution >= 4 is 11.3 Å². The van der Waals surface area contributed by atoms with Crippen molar-refractivity contribution < 1.29 is 0 Å². The van der Waals surface area contributed by atoms with Crippen molar-refractivity contribution in [2.24, 2.45) is 5.92 Å². The quantitative estimate of drug-likeness (QED) is 0.805. The van der Waals surface area contributed by atoms with Crippen LogP contribution in [0.15, 0.2) is 5.38 Å². The maximum absolute atomic E-state index is 5.02. The van der Waals surface area contributed by atoms with E-state index in [1.807, 2.05) is 11.3 Å². The first-order valence-electron chi connectivity index (χ1n) is 8.63. The highest BCUT2D eigenvalue weighted by atomic mass is 32.1. The molecule has 0 atom stereocenters. The molecule has 0 amide bonds. The normalized spacial score (nSPS) is 27.0. The molecule has 0 spiro atoms. The molecule has 0 saturated heterocycles. The van der Waals surface area contributed by atoms with Crippen molar-refractivity contribution in [1.29, 1.82) is 0 Å². The van der Waals surface area contributed by atoms with Gasteiger partial charge in [0, 0.05) is 10.8 Å². The van der Waals surface area contributed by atoms with Crippen LogP contribution in [0.3, 0.4) is 0 Å². The first-order chi connectivity index (χ1) is 9.91. The standard InChI is InChI=1S/C18H32N2S/c1-6-8-14-9-11-18(12-10-14,19-7-2)16-20-15(13-21-16)17(3,4)5/h13-14,19H,6-12H2,1-5H3. The van der Waals surface area contributed by atoms with Gasteiger partial charge in [-0.1, -0.05) is 47.5 Å². The van der Waals surface area contributed by atoms with Crippen LogP contribution in [0.1, 0.15) is 83.8 Å². The maximum Gasteiger partial charge on any atom is 0.113 e. The summed E-state index contributed by atoms with van der Waals surface area (Å²) in [5.41, 5.74) is 1.55. The molecule has 1 aromatic rings. The largest absolute Gasteiger partial charge is 0.306 e. The first-order valence-corrected chi connectivity index (χ1v) is 9.50. The Morgan fingerprint density at radius 3 is 2.43 bits per heavy atom. The van der Waals surface area contributed by atoms with Gasteiger partial charge in [-0.15, -0.1) is 11.3 Å². The number of thiazole rings is 1. The molecule has 2 rings (SSSR count). The van der Waals surface area contributed by atoms with Crippen molar-refractivity contribution in [3.8, 4) is 0 Å². The molecule has 0 bridgehead atoms. The highest BCUT2D eigenvalue weighted by Gasteiger charge is 2.38. The van der Waals surface area contributed by atoms with Gasteiger partial charge in [-0.25, -0.2) is 4.98 Å². The van der Waals surface area contributed by atoms with Gasteiger partial charge < -0.3 is 5.32 Å². The fourth-order valence-corrected chi connectivity index (χ4v) is 4.79. The zero-order valence-corrected chi connectivity index (χ0v) is 15.3. The van der Waals surface area contributed by atoms with E-state index in [1.54, 1.807) is 0 Å². The van der Waals surface area contributed by atoms with E-state index >= 15 is 0 Å². The fraction of sp³-hybridized carbons (Fsp3) is 0.833. The van der Waals surface area contributed by atoms with E-state index in [9.17, 15) is 0 Å². The van der Waals surface area contributed by atoms with Crippen LogP contribution < -0.4 is 5.32 Å². The number of hydrogen-bond donors (Lipinski definition) is 1. The fourth-order valence-electron chi connectivity index (χ4n) is 3.51. The lowest BCUT2D eigenvalue weighted by molar-refractivity contribution is 0.183. The summed E-state index contributed by atoms with van der Waals surface area (Å²) < 4.78 is 0. The SMILES string of the molecule is CCCC1CCC(NCC)(c2nc(C(C)(C)C)cs2)CC1. The lowest BCUT2D eigenvalue weighted by Gasteiger charge is -2.39. The zero-order valence-electron chi connectivity index (χ0n) is 14.5. The van der Waals surface area contributed by atoms with Gasteiger partial charge in [-0.2, -0.15) is 0 Å². The van der Waals surface area contributed by atoms with Crippen LogP contribution in [-0.4, -0.2) is 11.5 Å². The highest BCUT2D eigenvalue weighted by molar-refractivity contribution is 7.09. The lowest BCUT2D eigenvalue weighted by atomic mass is 9.75. The molecule has 21 heavy (non-hydrogen) atoms. The monoisotopic (exact) mass is 308 g/mol. The molecule has 1 heterocycles. The minimum absolute atomic E-state index is 0.146. The Kier molecular flexibility index (Phi) is 5.48. The molecule has 3 heteroatoms. The third-order valence-corrected chi connectivity index (χ3v) is 5.90. The summed E-state index contributed by atoms with van der Waals surface area (Å²) in [6.07, 6.45) is 7.93. The smallest absolute Gasteiger partial charge is 0.113 e. The molecule has 2 nitrogen and oxygen atoms in total.